The van der Waals surface area contributed by atoms with Gasteiger partial charge >= 0.3 is 0 Å². The van der Waals surface area contributed by atoms with Gasteiger partial charge in [-0.1, -0.05) is 36.4 Å². The first-order valence-corrected chi connectivity index (χ1v) is 12.2. The second kappa shape index (κ2) is 8.12. The molecule has 0 spiro atoms. The number of nitrogens with zero attached hydrogens (tertiary/aromatic N) is 1. The summed E-state index contributed by atoms with van der Waals surface area (Å²) in [6.07, 6.45) is 3.40. The van der Waals surface area contributed by atoms with Crippen LogP contribution >= 0.6 is 0 Å². The van der Waals surface area contributed by atoms with E-state index in [0.29, 0.717) is 18.7 Å². The van der Waals surface area contributed by atoms with Gasteiger partial charge in [-0.25, -0.2) is 17.5 Å². The number of likely N-dealkylation sites (tertiary alicyclic amines) is 1. The summed E-state index contributed by atoms with van der Waals surface area (Å²) in [5, 5.41) is 0. The molecule has 2 aromatic rings. The van der Waals surface area contributed by atoms with Gasteiger partial charge in [-0.2, -0.15) is 0 Å². The summed E-state index contributed by atoms with van der Waals surface area (Å²) in [6.45, 7) is 2.84. The second-order valence-corrected chi connectivity index (χ2v) is 10.2. The monoisotopic (exact) mass is 430 g/mol. The molecule has 30 heavy (non-hydrogen) atoms. The Morgan fingerprint density at radius 1 is 1.17 bits per heavy atom. The third-order valence-electron chi connectivity index (χ3n) is 6.11. The fourth-order valence-electron chi connectivity index (χ4n) is 4.63. The molecule has 1 saturated heterocycles. The van der Waals surface area contributed by atoms with Crippen LogP contribution in [0.25, 0.3) is 11.1 Å². The van der Waals surface area contributed by atoms with Gasteiger partial charge in [0, 0.05) is 25.0 Å². The lowest BCUT2D eigenvalue weighted by molar-refractivity contribution is -0.133. The Labute approximate surface area is 177 Å². The van der Waals surface area contributed by atoms with Gasteiger partial charge in [0.05, 0.1) is 6.26 Å². The van der Waals surface area contributed by atoms with Crippen molar-refractivity contribution in [3.05, 3.63) is 59.4 Å². The van der Waals surface area contributed by atoms with E-state index in [4.69, 9.17) is 0 Å². The van der Waals surface area contributed by atoms with Gasteiger partial charge in [0.25, 0.3) is 0 Å². The largest absolute Gasteiger partial charge is 0.341 e. The van der Waals surface area contributed by atoms with E-state index in [1.54, 1.807) is 11.8 Å². The SMILES string of the molecule is Cc1c(F)ccc([C@@H]2C[C@H]2C(=O)N2CCC[C@H](NS(C)(=O)=O)C2)c1-c1ccccc1. The maximum Gasteiger partial charge on any atom is 0.226 e. The molecule has 4 rings (SSSR count). The molecular weight excluding hydrogens is 403 g/mol. The van der Waals surface area contributed by atoms with Crippen molar-refractivity contribution in [2.45, 2.75) is 38.1 Å². The van der Waals surface area contributed by atoms with Crippen molar-refractivity contribution in [2.24, 2.45) is 5.92 Å². The fourth-order valence-corrected chi connectivity index (χ4v) is 5.42. The van der Waals surface area contributed by atoms with E-state index in [1.165, 1.54) is 6.07 Å². The summed E-state index contributed by atoms with van der Waals surface area (Å²) in [5.41, 5.74) is 3.46. The van der Waals surface area contributed by atoms with Gasteiger partial charge in [-0.05, 0) is 60.4 Å². The summed E-state index contributed by atoms with van der Waals surface area (Å²) in [4.78, 5) is 14.9. The van der Waals surface area contributed by atoms with Gasteiger partial charge in [-0.15, -0.1) is 0 Å². The van der Waals surface area contributed by atoms with Crippen LogP contribution in [0.15, 0.2) is 42.5 Å². The Kier molecular flexibility index (Phi) is 5.68. The van der Waals surface area contributed by atoms with Crippen molar-refractivity contribution >= 4 is 15.9 Å². The predicted molar refractivity (Wildman–Crippen MR) is 115 cm³/mol. The normalized spacial score (nSPS) is 24.0. The van der Waals surface area contributed by atoms with Crippen LogP contribution in [-0.2, 0) is 14.8 Å². The van der Waals surface area contributed by atoms with Crippen molar-refractivity contribution in [1.82, 2.24) is 9.62 Å². The number of sulfonamides is 1. The van der Waals surface area contributed by atoms with Crippen LogP contribution in [0.1, 0.15) is 36.3 Å². The molecule has 3 atom stereocenters. The van der Waals surface area contributed by atoms with E-state index in [0.717, 1.165) is 42.2 Å². The minimum Gasteiger partial charge on any atom is -0.341 e. The highest BCUT2D eigenvalue weighted by atomic mass is 32.2. The van der Waals surface area contributed by atoms with Crippen LogP contribution in [0.3, 0.4) is 0 Å². The Morgan fingerprint density at radius 3 is 2.60 bits per heavy atom. The lowest BCUT2D eigenvalue weighted by atomic mass is 9.91. The molecule has 0 unspecified atom stereocenters. The average Bonchev–Trinajstić information content (AvgIpc) is 3.49. The van der Waals surface area contributed by atoms with Crippen molar-refractivity contribution < 1.29 is 17.6 Å². The summed E-state index contributed by atoms with van der Waals surface area (Å²) in [6, 6.07) is 12.8. The lowest BCUT2D eigenvalue weighted by Gasteiger charge is -2.33. The molecule has 0 radical (unpaired) electrons. The molecule has 1 heterocycles. The first-order chi connectivity index (χ1) is 14.2. The molecule has 0 aromatic heterocycles. The van der Waals surface area contributed by atoms with Crippen molar-refractivity contribution in [2.75, 3.05) is 19.3 Å². The number of carbonyl (C=O) groups is 1. The Bertz CT molecular complexity index is 1060. The molecule has 2 aliphatic rings. The summed E-state index contributed by atoms with van der Waals surface area (Å²) in [5.74, 6) is -0.239. The van der Waals surface area contributed by atoms with Crippen LogP contribution in [0, 0.1) is 18.7 Å². The molecule has 1 N–H and O–H groups in total. The third kappa shape index (κ3) is 4.42. The number of hydrogen-bond acceptors (Lipinski definition) is 3. The van der Waals surface area contributed by atoms with E-state index in [-0.39, 0.29) is 29.6 Å². The third-order valence-corrected chi connectivity index (χ3v) is 6.88. The molecule has 1 saturated carbocycles. The van der Waals surface area contributed by atoms with Crippen LogP contribution in [0.2, 0.25) is 0 Å². The molecule has 1 amide bonds. The summed E-state index contributed by atoms with van der Waals surface area (Å²) < 4.78 is 40.0. The number of benzene rings is 2. The smallest absolute Gasteiger partial charge is 0.226 e. The Morgan fingerprint density at radius 2 is 1.90 bits per heavy atom. The highest BCUT2D eigenvalue weighted by molar-refractivity contribution is 7.88. The highest BCUT2D eigenvalue weighted by Crippen LogP contribution is 2.52. The highest BCUT2D eigenvalue weighted by Gasteiger charge is 2.47. The zero-order valence-corrected chi connectivity index (χ0v) is 18.1. The number of rotatable bonds is 5. The van der Waals surface area contributed by atoms with Gasteiger partial charge in [0.15, 0.2) is 0 Å². The maximum absolute atomic E-state index is 14.3. The van der Waals surface area contributed by atoms with Crippen LogP contribution in [-0.4, -0.2) is 44.6 Å². The van der Waals surface area contributed by atoms with E-state index in [2.05, 4.69) is 4.72 Å². The quantitative estimate of drug-likeness (QED) is 0.790. The van der Waals surface area contributed by atoms with E-state index >= 15 is 0 Å². The standard InChI is InChI=1S/C23H27FN2O3S/c1-15-21(24)11-10-18(22(15)16-7-4-3-5-8-16)19-13-20(19)23(27)26-12-6-9-17(14-26)25-30(2,28)29/h3-5,7-8,10-11,17,19-20,25H,6,9,12-14H2,1-2H3/t17-,19-,20+/m0/s1. The van der Waals surface area contributed by atoms with E-state index in [9.17, 15) is 17.6 Å². The number of nitrogens with one attached hydrogen (secondary N) is 1. The van der Waals surface area contributed by atoms with Crippen molar-refractivity contribution in [1.29, 1.82) is 0 Å². The van der Waals surface area contributed by atoms with Gasteiger partial charge in [0.2, 0.25) is 15.9 Å². The zero-order chi connectivity index (χ0) is 21.5. The number of piperidine rings is 1. The van der Waals surface area contributed by atoms with Gasteiger partial charge in [0.1, 0.15) is 5.82 Å². The van der Waals surface area contributed by atoms with Crippen molar-refractivity contribution in [3.63, 3.8) is 0 Å². The molecule has 1 aliphatic carbocycles. The minimum atomic E-state index is -3.30. The molecule has 5 nitrogen and oxygen atoms in total. The van der Waals surface area contributed by atoms with E-state index in [1.807, 2.05) is 36.4 Å². The van der Waals surface area contributed by atoms with Crippen LogP contribution < -0.4 is 4.72 Å². The molecule has 7 heteroatoms. The minimum absolute atomic E-state index is 0.0650. The topological polar surface area (TPSA) is 66.5 Å². The van der Waals surface area contributed by atoms with E-state index < -0.39 is 10.0 Å². The Balaban J connectivity index is 1.54. The predicted octanol–water partition coefficient (Wildman–Crippen LogP) is 3.44. The first kappa shape index (κ1) is 21.0. The molecule has 1 aliphatic heterocycles. The number of hydrogen-bond donors (Lipinski definition) is 1. The number of carbonyl (C=O) groups excluding carboxylic acids is 1. The molecule has 0 bridgehead atoms. The second-order valence-electron chi connectivity index (χ2n) is 8.46. The Hall–Kier alpha value is -2.25. The lowest BCUT2D eigenvalue weighted by Crippen LogP contribution is -2.49. The fraction of sp³-hybridized carbons (Fsp3) is 0.435. The molecule has 160 valence electrons. The first-order valence-electron chi connectivity index (χ1n) is 10.3. The summed E-state index contributed by atoms with van der Waals surface area (Å²) >= 11 is 0. The summed E-state index contributed by atoms with van der Waals surface area (Å²) in [7, 11) is -3.30. The van der Waals surface area contributed by atoms with Crippen LogP contribution in [0.5, 0.6) is 0 Å². The molecule has 2 aromatic carbocycles. The molecular formula is C23H27FN2O3S. The average molecular weight is 431 g/mol. The van der Waals surface area contributed by atoms with Gasteiger partial charge in [-0.3, -0.25) is 4.79 Å². The number of halogens is 1. The van der Waals surface area contributed by atoms with Crippen molar-refractivity contribution in [3.8, 4) is 11.1 Å². The number of amides is 1. The van der Waals surface area contributed by atoms with Crippen LogP contribution in [0.4, 0.5) is 4.39 Å². The van der Waals surface area contributed by atoms with Gasteiger partial charge < -0.3 is 4.90 Å². The zero-order valence-electron chi connectivity index (χ0n) is 17.3. The maximum atomic E-state index is 14.3. The molecule has 2 fully saturated rings.